The summed E-state index contributed by atoms with van der Waals surface area (Å²) in [6, 6.07) is 6.53. The average Bonchev–Trinajstić information content (AvgIpc) is 3.39. The van der Waals surface area contributed by atoms with E-state index in [0.29, 0.717) is 33.9 Å². The van der Waals surface area contributed by atoms with E-state index in [4.69, 9.17) is 32.5 Å². The molecule has 5 rings (SSSR count). The first-order valence-corrected chi connectivity index (χ1v) is 9.51. The number of amides is 2. The second-order valence-electron chi connectivity index (χ2n) is 7.24. The normalized spacial score (nSPS) is 30.2. The molecular formula is C19H15Cl2N3O4. The van der Waals surface area contributed by atoms with E-state index in [1.165, 1.54) is 4.90 Å². The third kappa shape index (κ3) is 2.50. The topological polar surface area (TPSA) is 84.7 Å². The van der Waals surface area contributed by atoms with E-state index in [0.717, 1.165) is 0 Å². The van der Waals surface area contributed by atoms with Gasteiger partial charge in [-0.1, -0.05) is 40.5 Å². The van der Waals surface area contributed by atoms with E-state index in [1.807, 2.05) is 12.2 Å². The third-order valence-electron chi connectivity index (χ3n) is 5.48. The summed E-state index contributed by atoms with van der Waals surface area (Å²) >= 11 is 11.9. The monoisotopic (exact) mass is 419 g/mol. The van der Waals surface area contributed by atoms with Gasteiger partial charge in [0.05, 0.1) is 34.5 Å². The Labute approximate surface area is 170 Å². The SMILES string of the molecule is Cc1cc(N2C[C@@]34C=C[C@@H](O3)[C@H](C(=O)Nc3ccc(Cl)c(Cl)c3)[C@H]4C2=O)no1. The van der Waals surface area contributed by atoms with Crippen LogP contribution >= 0.6 is 23.2 Å². The number of anilines is 2. The van der Waals surface area contributed by atoms with Crippen molar-refractivity contribution in [2.45, 2.75) is 18.6 Å². The summed E-state index contributed by atoms with van der Waals surface area (Å²) in [7, 11) is 0. The number of fused-ring (bicyclic) bond motifs is 1. The molecule has 9 heteroatoms. The van der Waals surface area contributed by atoms with Crippen LogP contribution in [0.3, 0.4) is 0 Å². The smallest absolute Gasteiger partial charge is 0.235 e. The van der Waals surface area contributed by atoms with Crippen LogP contribution < -0.4 is 10.2 Å². The molecule has 3 aliphatic rings. The first kappa shape index (κ1) is 17.7. The van der Waals surface area contributed by atoms with E-state index >= 15 is 0 Å². The van der Waals surface area contributed by atoms with Crippen molar-refractivity contribution in [1.82, 2.24) is 5.16 Å². The van der Waals surface area contributed by atoms with Crippen LogP contribution in [0.4, 0.5) is 11.5 Å². The van der Waals surface area contributed by atoms with Gasteiger partial charge in [-0.25, -0.2) is 0 Å². The molecule has 144 valence electrons. The zero-order valence-corrected chi connectivity index (χ0v) is 16.2. The van der Waals surface area contributed by atoms with Crippen molar-refractivity contribution in [3.8, 4) is 0 Å². The maximum Gasteiger partial charge on any atom is 0.235 e. The average molecular weight is 420 g/mol. The van der Waals surface area contributed by atoms with Gasteiger partial charge >= 0.3 is 0 Å². The van der Waals surface area contributed by atoms with Crippen molar-refractivity contribution >= 4 is 46.5 Å². The van der Waals surface area contributed by atoms with Gasteiger partial charge < -0.3 is 14.6 Å². The molecule has 4 atom stereocenters. The first-order chi connectivity index (χ1) is 13.4. The predicted octanol–water partition coefficient (Wildman–Crippen LogP) is 3.21. The number of carbonyl (C=O) groups is 2. The Bertz CT molecular complexity index is 1040. The number of rotatable bonds is 3. The highest BCUT2D eigenvalue weighted by molar-refractivity contribution is 6.42. The van der Waals surface area contributed by atoms with Crippen LogP contribution in [0.1, 0.15) is 5.76 Å². The highest BCUT2D eigenvalue weighted by atomic mass is 35.5. The molecule has 3 aliphatic heterocycles. The number of halogens is 2. The van der Waals surface area contributed by atoms with E-state index in [2.05, 4.69) is 10.5 Å². The number of aromatic nitrogens is 1. The van der Waals surface area contributed by atoms with Gasteiger partial charge in [-0.2, -0.15) is 0 Å². The molecule has 0 saturated carbocycles. The minimum Gasteiger partial charge on any atom is -0.360 e. The van der Waals surface area contributed by atoms with Crippen LogP contribution in [0.25, 0.3) is 0 Å². The molecule has 2 aromatic rings. The molecule has 4 heterocycles. The Balaban J connectivity index is 1.43. The summed E-state index contributed by atoms with van der Waals surface area (Å²) in [4.78, 5) is 27.7. The fourth-order valence-electron chi connectivity index (χ4n) is 4.27. The highest BCUT2D eigenvalue weighted by Crippen LogP contribution is 2.52. The van der Waals surface area contributed by atoms with Gasteiger partial charge in [0.15, 0.2) is 5.82 Å². The lowest BCUT2D eigenvalue weighted by Crippen LogP contribution is -2.41. The molecule has 2 fully saturated rings. The molecule has 0 aliphatic carbocycles. The van der Waals surface area contributed by atoms with Crippen molar-refractivity contribution in [3.63, 3.8) is 0 Å². The Morgan fingerprint density at radius 3 is 2.86 bits per heavy atom. The van der Waals surface area contributed by atoms with Crippen molar-refractivity contribution in [1.29, 1.82) is 0 Å². The first-order valence-electron chi connectivity index (χ1n) is 8.76. The summed E-state index contributed by atoms with van der Waals surface area (Å²) < 4.78 is 11.2. The molecule has 7 nitrogen and oxygen atoms in total. The number of nitrogens with zero attached hydrogens (tertiary/aromatic N) is 2. The van der Waals surface area contributed by atoms with Gasteiger partial charge in [0.25, 0.3) is 0 Å². The van der Waals surface area contributed by atoms with Crippen molar-refractivity contribution in [2.24, 2.45) is 11.8 Å². The number of ether oxygens (including phenoxy) is 1. The van der Waals surface area contributed by atoms with Crippen LogP contribution in [-0.2, 0) is 14.3 Å². The molecule has 1 N–H and O–H groups in total. The maximum atomic E-state index is 13.2. The quantitative estimate of drug-likeness (QED) is 0.771. The van der Waals surface area contributed by atoms with Crippen molar-refractivity contribution < 1.29 is 18.8 Å². The van der Waals surface area contributed by atoms with E-state index in [1.54, 1.807) is 31.2 Å². The number of nitrogens with one attached hydrogen (secondary N) is 1. The van der Waals surface area contributed by atoms with Crippen molar-refractivity contribution in [2.75, 3.05) is 16.8 Å². The van der Waals surface area contributed by atoms with Crippen LogP contribution in [-0.4, -0.2) is 35.2 Å². The standard InChI is InChI=1S/C19H15Cl2N3O4/c1-9-6-14(23-28-9)24-8-19-5-4-13(27-19)15(16(19)18(24)26)17(25)22-10-2-3-11(20)12(21)7-10/h2-7,13,15-16H,8H2,1H3,(H,22,25)/t13-,15+,16+,19-/m1/s1. The number of benzene rings is 1. The Morgan fingerprint density at radius 2 is 2.14 bits per heavy atom. The zero-order chi connectivity index (χ0) is 19.6. The van der Waals surface area contributed by atoms with Gasteiger partial charge in [-0.3, -0.25) is 14.5 Å². The third-order valence-corrected chi connectivity index (χ3v) is 6.22. The van der Waals surface area contributed by atoms with Gasteiger partial charge in [0.2, 0.25) is 11.8 Å². The molecule has 0 radical (unpaired) electrons. The van der Waals surface area contributed by atoms with Gasteiger partial charge in [-0.15, -0.1) is 0 Å². The number of carbonyl (C=O) groups excluding carboxylic acids is 2. The molecule has 0 unspecified atom stereocenters. The summed E-state index contributed by atoms with van der Waals surface area (Å²) in [5.41, 5.74) is -0.316. The zero-order valence-electron chi connectivity index (χ0n) is 14.7. The molecule has 2 amide bonds. The van der Waals surface area contributed by atoms with E-state index in [-0.39, 0.29) is 11.8 Å². The molecule has 1 spiro atoms. The van der Waals surface area contributed by atoms with Crippen LogP contribution in [0.2, 0.25) is 10.0 Å². The summed E-state index contributed by atoms with van der Waals surface area (Å²) in [5, 5.41) is 7.49. The Morgan fingerprint density at radius 1 is 1.32 bits per heavy atom. The number of hydrogen-bond donors (Lipinski definition) is 1. The van der Waals surface area contributed by atoms with Crippen LogP contribution in [0, 0.1) is 18.8 Å². The molecule has 1 aromatic carbocycles. The lowest BCUT2D eigenvalue weighted by Gasteiger charge is -2.23. The van der Waals surface area contributed by atoms with Crippen LogP contribution in [0.15, 0.2) is 40.9 Å². The fourth-order valence-corrected chi connectivity index (χ4v) is 4.57. The summed E-state index contributed by atoms with van der Waals surface area (Å²) in [6.07, 6.45) is 3.29. The molecule has 2 saturated heterocycles. The largest absolute Gasteiger partial charge is 0.360 e. The Hall–Kier alpha value is -2.35. The molecule has 2 bridgehead atoms. The minimum absolute atomic E-state index is 0.200. The summed E-state index contributed by atoms with van der Waals surface area (Å²) in [5.74, 6) is -0.741. The highest BCUT2D eigenvalue weighted by Gasteiger charge is 2.67. The number of hydrogen-bond acceptors (Lipinski definition) is 5. The second-order valence-corrected chi connectivity index (χ2v) is 8.05. The van der Waals surface area contributed by atoms with Crippen LogP contribution in [0.5, 0.6) is 0 Å². The lowest BCUT2D eigenvalue weighted by atomic mass is 9.77. The molecular weight excluding hydrogens is 405 g/mol. The minimum atomic E-state index is -0.825. The van der Waals surface area contributed by atoms with Gasteiger partial charge in [-0.05, 0) is 25.1 Å². The fraction of sp³-hybridized carbons (Fsp3) is 0.316. The molecule has 28 heavy (non-hydrogen) atoms. The predicted molar refractivity (Wildman–Crippen MR) is 102 cm³/mol. The van der Waals surface area contributed by atoms with Gasteiger partial charge in [0.1, 0.15) is 11.4 Å². The Kier molecular flexibility index (Phi) is 3.84. The number of aryl methyl sites for hydroxylation is 1. The van der Waals surface area contributed by atoms with Gasteiger partial charge in [0, 0.05) is 11.8 Å². The summed E-state index contributed by atoms with van der Waals surface area (Å²) in [6.45, 7) is 2.05. The van der Waals surface area contributed by atoms with E-state index in [9.17, 15) is 9.59 Å². The molecule has 1 aromatic heterocycles. The van der Waals surface area contributed by atoms with E-state index < -0.39 is 23.5 Å². The second kappa shape index (κ2) is 6.07. The lowest BCUT2D eigenvalue weighted by molar-refractivity contribution is -0.128. The maximum absolute atomic E-state index is 13.2. The van der Waals surface area contributed by atoms with Crippen molar-refractivity contribution in [3.05, 3.63) is 52.2 Å².